The van der Waals surface area contributed by atoms with Crippen molar-refractivity contribution in [2.75, 3.05) is 6.54 Å². The largest absolute Gasteiger partial charge is 0.348 e. The number of hydrogen-bond donors (Lipinski definition) is 1. The summed E-state index contributed by atoms with van der Waals surface area (Å²) in [5.74, 6) is -0.300. The van der Waals surface area contributed by atoms with Crippen LogP contribution >= 0.6 is 0 Å². The van der Waals surface area contributed by atoms with Crippen LogP contribution in [-0.2, 0) is 17.8 Å². The summed E-state index contributed by atoms with van der Waals surface area (Å²) in [6.07, 6.45) is 2.75. The molecule has 1 saturated carbocycles. The van der Waals surface area contributed by atoms with E-state index in [0.717, 1.165) is 42.1 Å². The van der Waals surface area contributed by atoms with Crippen LogP contribution in [0.4, 0.5) is 4.79 Å². The zero-order valence-electron chi connectivity index (χ0n) is 17.2. The van der Waals surface area contributed by atoms with Gasteiger partial charge >= 0.3 is 6.03 Å². The van der Waals surface area contributed by atoms with E-state index in [4.69, 9.17) is 0 Å². The summed E-state index contributed by atoms with van der Waals surface area (Å²) in [6, 6.07) is 11.6. The van der Waals surface area contributed by atoms with Gasteiger partial charge in [-0.2, -0.15) is 0 Å². The number of benzene rings is 1. The molecule has 2 aliphatic rings. The highest BCUT2D eigenvalue weighted by atomic mass is 16.2. The molecule has 29 heavy (non-hydrogen) atoms. The first-order valence-corrected chi connectivity index (χ1v) is 10.2. The van der Waals surface area contributed by atoms with Gasteiger partial charge in [0.2, 0.25) is 0 Å². The van der Waals surface area contributed by atoms with Crippen LogP contribution in [0.2, 0.25) is 0 Å². The lowest BCUT2D eigenvalue weighted by molar-refractivity contribution is -0.131. The van der Waals surface area contributed by atoms with Crippen molar-refractivity contribution >= 4 is 17.7 Å². The Balaban J connectivity index is 1.48. The van der Waals surface area contributed by atoms with Gasteiger partial charge in [-0.05, 0) is 57.6 Å². The zero-order chi connectivity index (χ0) is 20.8. The van der Waals surface area contributed by atoms with Crippen LogP contribution in [0.1, 0.15) is 47.1 Å². The minimum atomic E-state index is -0.857. The fourth-order valence-electron chi connectivity index (χ4n) is 4.34. The molecule has 0 spiro atoms. The SMILES string of the molecule is Cc1cc(C(=O)CN2C(=O)N[C@@](C)(C3CC3)C2=O)c(C)n1CCc1ccccc1. The molecule has 152 valence electrons. The van der Waals surface area contributed by atoms with E-state index in [0.29, 0.717) is 5.56 Å². The lowest BCUT2D eigenvalue weighted by Gasteiger charge is -2.20. The van der Waals surface area contributed by atoms with Crippen molar-refractivity contribution in [1.29, 1.82) is 0 Å². The van der Waals surface area contributed by atoms with Gasteiger partial charge in [-0.25, -0.2) is 4.79 Å². The summed E-state index contributed by atoms with van der Waals surface area (Å²) in [7, 11) is 0. The maximum Gasteiger partial charge on any atom is 0.325 e. The van der Waals surface area contributed by atoms with E-state index < -0.39 is 11.6 Å². The number of aryl methyl sites for hydroxylation is 2. The Bertz CT molecular complexity index is 975. The normalized spacial score (nSPS) is 21.6. The zero-order valence-corrected chi connectivity index (χ0v) is 17.2. The molecule has 0 unspecified atom stereocenters. The molecule has 1 aliphatic heterocycles. The van der Waals surface area contributed by atoms with Crippen molar-refractivity contribution in [1.82, 2.24) is 14.8 Å². The molecular formula is C23H27N3O3. The second kappa shape index (κ2) is 7.17. The van der Waals surface area contributed by atoms with Crippen molar-refractivity contribution in [2.24, 2.45) is 5.92 Å². The van der Waals surface area contributed by atoms with Crippen molar-refractivity contribution < 1.29 is 14.4 Å². The van der Waals surface area contributed by atoms with Crippen LogP contribution in [0, 0.1) is 19.8 Å². The topological polar surface area (TPSA) is 71.4 Å². The van der Waals surface area contributed by atoms with Gasteiger partial charge in [-0.3, -0.25) is 14.5 Å². The number of carbonyl (C=O) groups excluding carboxylic acids is 3. The average molecular weight is 393 g/mol. The van der Waals surface area contributed by atoms with Crippen LogP contribution in [0.25, 0.3) is 0 Å². The molecule has 1 aromatic heterocycles. The first kappa shape index (κ1) is 19.4. The molecule has 0 bridgehead atoms. The number of urea groups is 1. The van der Waals surface area contributed by atoms with Gasteiger partial charge in [0.05, 0.1) is 6.54 Å². The molecule has 1 atom stereocenters. The Hall–Kier alpha value is -2.89. The minimum Gasteiger partial charge on any atom is -0.348 e. The van der Waals surface area contributed by atoms with Crippen LogP contribution in [-0.4, -0.2) is 39.3 Å². The number of rotatable bonds is 7. The summed E-state index contributed by atoms with van der Waals surface area (Å²) in [5.41, 5.74) is 2.84. The Labute approximate surface area is 170 Å². The number of nitrogens with one attached hydrogen (secondary N) is 1. The van der Waals surface area contributed by atoms with Gasteiger partial charge < -0.3 is 9.88 Å². The molecule has 2 fully saturated rings. The summed E-state index contributed by atoms with van der Waals surface area (Å²) < 4.78 is 2.13. The number of imide groups is 1. The van der Waals surface area contributed by atoms with E-state index in [1.165, 1.54) is 5.56 Å². The third-order valence-corrected chi connectivity index (χ3v) is 6.34. The fourth-order valence-corrected chi connectivity index (χ4v) is 4.34. The van der Waals surface area contributed by atoms with Crippen molar-refractivity contribution in [3.05, 3.63) is 58.9 Å². The summed E-state index contributed by atoms with van der Waals surface area (Å²) in [6.45, 7) is 6.23. The lowest BCUT2D eigenvalue weighted by atomic mass is 9.96. The highest BCUT2D eigenvalue weighted by molar-refractivity contribution is 6.11. The van der Waals surface area contributed by atoms with E-state index in [2.05, 4.69) is 22.0 Å². The number of amides is 3. The molecule has 6 nitrogen and oxygen atoms in total. The Kier molecular flexibility index (Phi) is 4.81. The standard InChI is InChI=1S/C23H27N3O3/c1-15-13-19(16(2)25(15)12-11-17-7-5-4-6-8-17)20(27)14-26-21(28)23(3,18-9-10-18)24-22(26)29/h4-8,13,18H,9-12,14H2,1-3H3,(H,24,29)/t23-/m0/s1. The van der Waals surface area contributed by atoms with Crippen molar-refractivity contribution in [3.8, 4) is 0 Å². The molecule has 0 radical (unpaired) electrons. The molecule has 1 saturated heterocycles. The lowest BCUT2D eigenvalue weighted by Crippen LogP contribution is -2.46. The molecule has 2 aromatic rings. The van der Waals surface area contributed by atoms with Gasteiger partial charge in [0.25, 0.3) is 5.91 Å². The monoisotopic (exact) mass is 393 g/mol. The van der Waals surface area contributed by atoms with Crippen LogP contribution < -0.4 is 5.32 Å². The molecule has 3 amide bonds. The van der Waals surface area contributed by atoms with E-state index in [9.17, 15) is 14.4 Å². The quantitative estimate of drug-likeness (QED) is 0.580. The highest BCUT2D eigenvalue weighted by Crippen LogP contribution is 2.42. The van der Waals surface area contributed by atoms with Crippen LogP contribution in [0.3, 0.4) is 0 Å². The number of hydrogen-bond acceptors (Lipinski definition) is 3. The molecule has 1 N–H and O–H groups in total. The number of Topliss-reactive ketones (excluding diaryl/α,β-unsaturated/α-hetero) is 1. The number of ketones is 1. The van der Waals surface area contributed by atoms with E-state index in [-0.39, 0.29) is 24.2 Å². The second-order valence-electron chi connectivity index (χ2n) is 8.39. The Morgan fingerprint density at radius 1 is 1.17 bits per heavy atom. The van der Waals surface area contributed by atoms with Crippen LogP contribution in [0.5, 0.6) is 0 Å². The van der Waals surface area contributed by atoms with Crippen molar-refractivity contribution in [2.45, 2.75) is 52.1 Å². The molecule has 1 aliphatic carbocycles. The summed E-state index contributed by atoms with van der Waals surface area (Å²) in [5, 5.41) is 2.80. The maximum atomic E-state index is 13.0. The molecule has 1 aromatic carbocycles. The molecular weight excluding hydrogens is 366 g/mol. The predicted molar refractivity (Wildman–Crippen MR) is 110 cm³/mol. The molecule has 6 heteroatoms. The molecule has 4 rings (SSSR count). The number of carbonyl (C=O) groups is 3. The third-order valence-electron chi connectivity index (χ3n) is 6.34. The maximum absolute atomic E-state index is 13.0. The van der Waals surface area contributed by atoms with Gasteiger partial charge in [0.15, 0.2) is 5.78 Å². The Morgan fingerprint density at radius 3 is 2.52 bits per heavy atom. The van der Waals surface area contributed by atoms with Gasteiger partial charge in [0.1, 0.15) is 5.54 Å². The predicted octanol–water partition coefficient (Wildman–Crippen LogP) is 3.25. The number of nitrogens with zero attached hydrogens (tertiary/aromatic N) is 2. The Morgan fingerprint density at radius 2 is 1.86 bits per heavy atom. The van der Waals surface area contributed by atoms with E-state index in [1.54, 1.807) is 6.92 Å². The highest BCUT2D eigenvalue weighted by Gasteiger charge is 2.56. The smallest absolute Gasteiger partial charge is 0.325 e. The number of aromatic nitrogens is 1. The average Bonchev–Trinajstić information content (AvgIpc) is 3.48. The van der Waals surface area contributed by atoms with Gasteiger partial charge in [-0.15, -0.1) is 0 Å². The van der Waals surface area contributed by atoms with Crippen LogP contribution in [0.15, 0.2) is 36.4 Å². The fraction of sp³-hybridized carbons (Fsp3) is 0.435. The second-order valence-corrected chi connectivity index (χ2v) is 8.39. The summed E-state index contributed by atoms with van der Waals surface area (Å²) in [4.78, 5) is 39.2. The summed E-state index contributed by atoms with van der Waals surface area (Å²) >= 11 is 0. The van der Waals surface area contributed by atoms with E-state index in [1.807, 2.05) is 38.1 Å². The molecule has 2 heterocycles. The first-order valence-electron chi connectivity index (χ1n) is 10.2. The van der Waals surface area contributed by atoms with Gasteiger partial charge in [-0.1, -0.05) is 30.3 Å². The minimum absolute atomic E-state index is 0.183. The first-order chi connectivity index (χ1) is 13.8. The van der Waals surface area contributed by atoms with Crippen molar-refractivity contribution in [3.63, 3.8) is 0 Å². The van der Waals surface area contributed by atoms with Gasteiger partial charge in [0, 0.05) is 23.5 Å². The third kappa shape index (κ3) is 3.48. The van der Waals surface area contributed by atoms with E-state index >= 15 is 0 Å².